The van der Waals surface area contributed by atoms with Crippen LogP contribution in [0.3, 0.4) is 0 Å². The average molecular weight is 488 g/mol. The number of hydrogen-bond donors (Lipinski definition) is 2. The second-order valence-electron chi connectivity index (χ2n) is 9.06. The summed E-state index contributed by atoms with van der Waals surface area (Å²) in [7, 11) is 0. The summed E-state index contributed by atoms with van der Waals surface area (Å²) in [6.07, 6.45) is 2.03. The van der Waals surface area contributed by atoms with E-state index in [1.54, 1.807) is 21.9 Å². The Balaban J connectivity index is 1.17. The van der Waals surface area contributed by atoms with Gasteiger partial charge in [-0.05, 0) is 35.2 Å². The maximum atomic E-state index is 13.2. The fraction of sp³-hybridized carbons (Fsp3) is 0.296. The van der Waals surface area contributed by atoms with Crippen molar-refractivity contribution in [3.05, 3.63) is 95.4 Å². The zero-order valence-corrected chi connectivity index (χ0v) is 19.9. The SMILES string of the molecule is O=C(NNC(=O)N1CCN(C(=O)c2ccco2)CC1)[C@@H]1Cc2ccccc2CN1Cc1ccccc1. The topological polar surface area (TPSA) is 98.1 Å². The first-order chi connectivity index (χ1) is 17.6. The molecule has 0 aliphatic carbocycles. The summed E-state index contributed by atoms with van der Waals surface area (Å²) in [4.78, 5) is 43.8. The molecule has 2 aliphatic rings. The molecule has 1 saturated heterocycles. The van der Waals surface area contributed by atoms with Crippen LogP contribution in [0.2, 0.25) is 0 Å². The van der Waals surface area contributed by atoms with Crippen molar-refractivity contribution in [3.8, 4) is 0 Å². The number of hydrogen-bond acceptors (Lipinski definition) is 5. The molecule has 1 fully saturated rings. The van der Waals surface area contributed by atoms with E-state index in [-0.39, 0.29) is 23.6 Å². The van der Waals surface area contributed by atoms with Gasteiger partial charge in [0.05, 0.1) is 12.3 Å². The first kappa shape index (κ1) is 23.6. The van der Waals surface area contributed by atoms with E-state index in [9.17, 15) is 14.4 Å². The van der Waals surface area contributed by atoms with Crippen LogP contribution < -0.4 is 10.9 Å². The lowest BCUT2D eigenvalue weighted by Crippen LogP contribution is -2.59. The molecule has 0 saturated carbocycles. The molecule has 3 aromatic rings. The normalized spacial score (nSPS) is 17.8. The van der Waals surface area contributed by atoms with Crippen molar-refractivity contribution in [3.63, 3.8) is 0 Å². The van der Waals surface area contributed by atoms with Crippen LogP contribution >= 0.6 is 0 Å². The summed E-state index contributed by atoms with van der Waals surface area (Å²) in [5, 5.41) is 0. The van der Waals surface area contributed by atoms with Crippen LogP contribution in [0.25, 0.3) is 0 Å². The maximum absolute atomic E-state index is 13.2. The molecule has 186 valence electrons. The molecule has 2 aromatic carbocycles. The molecule has 1 atom stereocenters. The van der Waals surface area contributed by atoms with E-state index in [0.29, 0.717) is 45.7 Å². The van der Waals surface area contributed by atoms with Gasteiger partial charge in [0, 0.05) is 39.3 Å². The molecule has 9 heteroatoms. The number of carbonyl (C=O) groups excluding carboxylic acids is 3. The lowest BCUT2D eigenvalue weighted by molar-refractivity contribution is -0.128. The van der Waals surface area contributed by atoms with Crippen LogP contribution in [0.15, 0.2) is 77.4 Å². The molecule has 4 amide bonds. The summed E-state index contributed by atoms with van der Waals surface area (Å²) in [6, 6.07) is 20.7. The predicted octanol–water partition coefficient (Wildman–Crippen LogP) is 2.41. The maximum Gasteiger partial charge on any atom is 0.336 e. The second kappa shape index (κ2) is 10.7. The number of fused-ring (bicyclic) bond motifs is 1. The number of nitrogens with zero attached hydrogens (tertiary/aromatic N) is 3. The molecule has 0 bridgehead atoms. The highest BCUT2D eigenvalue weighted by molar-refractivity contribution is 5.91. The molecule has 9 nitrogen and oxygen atoms in total. The van der Waals surface area contributed by atoms with Gasteiger partial charge in [0.2, 0.25) is 0 Å². The Bertz CT molecular complexity index is 1210. The van der Waals surface area contributed by atoms with Gasteiger partial charge in [-0.2, -0.15) is 0 Å². The van der Waals surface area contributed by atoms with Crippen molar-refractivity contribution in [1.29, 1.82) is 0 Å². The van der Waals surface area contributed by atoms with Crippen LogP contribution in [0.4, 0.5) is 4.79 Å². The molecule has 1 aromatic heterocycles. The Hall–Kier alpha value is -4.11. The fourth-order valence-electron chi connectivity index (χ4n) is 4.77. The van der Waals surface area contributed by atoms with E-state index < -0.39 is 6.04 Å². The van der Waals surface area contributed by atoms with E-state index in [4.69, 9.17) is 4.42 Å². The molecular weight excluding hydrogens is 458 g/mol. The molecule has 0 spiro atoms. The minimum atomic E-state index is -0.414. The Morgan fingerprint density at radius 1 is 0.806 bits per heavy atom. The summed E-state index contributed by atoms with van der Waals surface area (Å²) in [5.41, 5.74) is 8.68. The first-order valence-electron chi connectivity index (χ1n) is 12.1. The van der Waals surface area contributed by atoms with Gasteiger partial charge in [0.25, 0.3) is 11.8 Å². The number of furan rings is 1. The van der Waals surface area contributed by atoms with Crippen molar-refractivity contribution >= 4 is 17.8 Å². The largest absolute Gasteiger partial charge is 0.459 e. The molecular formula is C27H29N5O4. The van der Waals surface area contributed by atoms with Crippen molar-refractivity contribution in [1.82, 2.24) is 25.6 Å². The monoisotopic (exact) mass is 487 g/mol. The summed E-state index contributed by atoms with van der Waals surface area (Å²) < 4.78 is 5.18. The Morgan fingerprint density at radius 3 is 2.22 bits per heavy atom. The molecule has 36 heavy (non-hydrogen) atoms. The van der Waals surface area contributed by atoms with Gasteiger partial charge in [-0.25, -0.2) is 10.2 Å². The molecule has 5 rings (SSSR count). The van der Waals surface area contributed by atoms with Crippen molar-refractivity contribution in [2.45, 2.75) is 25.6 Å². The highest BCUT2D eigenvalue weighted by Crippen LogP contribution is 2.25. The molecule has 2 aliphatic heterocycles. The Kier molecular flexibility index (Phi) is 6.99. The minimum Gasteiger partial charge on any atom is -0.459 e. The molecule has 3 heterocycles. The van der Waals surface area contributed by atoms with E-state index in [0.717, 1.165) is 11.1 Å². The number of hydrazine groups is 1. The smallest absolute Gasteiger partial charge is 0.336 e. The van der Waals surface area contributed by atoms with Crippen LogP contribution in [0.1, 0.15) is 27.2 Å². The van der Waals surface area contributed by atoms with Crippen molar-refractivity contribution in [2.75, 3.05) is 26.2 Å². The highest BCUT2D eigenvalue weighted by atomic mass is 16.3. The van der Waals surface area contributed by atoms with E-state index in [1.807, 2.05) is 42.5 Å². The zero-order valence-electron chi connectivity index (χ0n) is 19.9. The first-order valence-corrected chi connectivity index (χ1v) is 12.1. The summed E-state index contributed by atoms with van der Waals surface area (Å²) in [6.45, 7) is 2.81. The van der Waals surface area contributed by atoms with Crippen molar-refractivity contribution < 1.29 is 18.8 Å². The van der Waals surface area contributed by atoms with Gasteiger partial charge in [0.15, 0.2) is 5.76 Å². The number of urea groups is 1. The van der Waals surface area contributed by atoms with Crippen molar-refractivity contribution in [2.24, 2.45) is 0 Å². The fourth-order valence-corrected chi connectivity index (χ4v) is 4.77. The van der Waals surface area contributed by atoms with Gasteiger partial charge in [0.1, 0.15) is 0 Å². The third-order valence-electron chi connectivity index (χ3n) is 6.76. The van der Waals surface area contributed by atoms with E-state index in [1.165, 1.54) is 11.8 Å². The third kappa shape index (κ3) is 5.26. The molecule has 2 N–H and O–H groups in total. The number of rotatable bonds is 4. The third-order valence-corrected chi connectivity index (χ3v) is 6.76. The average Bonchev–Trinajstić information content (AvgIpc) is 3.46. The van der Waals surface area contributed by atoms with Gasteiger partial charge in [-0.1, -0.05) is 54.6 Å². The Labute approximate surface area is 209 Å². The van der Waals surface area contributed by atoms with Crippen LogP contribution in [-0.2, 0) is 24.3 Å². The van der Waals surface area contributed by atoms with E-state index >= 15 is 0 Å². The predicted molar refractivity (Wildman–Crippen MR) is 132 cm³/mol. The van der Waals surface area contributed by atoms with Crippen LogP contribution in [0.5, 0.6) is 0 Å². The number of piperazine rings is 1. The number of benzene rings is 2. The Morgan fingerprint density at radius 2 is 1.50 bits per heavy atom. The number of carbonyl (C=O) groups is 3. The minimum absolute atomic E-state index is 0.190. The van der Waals surface area contributed by atoms with Gasteiger partial charge >= 0.3 is 6.03 Å². The lowest BCUT2D eigenvalue weighted by atomic mass is 9.93. The second-order valence-corrected chi connectivity index (χ2v) is 9.06. The number of amides is 4. The van der Waals surface area contributed by atoms with Crippen LogP contribution in [-0.4, -0.2) is 64.8 Å². The van der Waals surface area contributed by atoms with Crippen LogP contribution in [0, 0.1) is 0 Å². The van der Waals surface area contributed by atoms with Gasteiger partial charge < -0.3 is 14.2 Å². The number of nitrogens with one attached hydrogen (secondary N) is 2. The lowest BCUT2D eigenvalue weighted by Gasteiger charge is -2.36. The zero-order chi connectivity index (χ0) is 24.9. The highest BCUT2D eigenvalue weighted by Gasteiger charge is 2.32. The standard InChI is InChI=1S/C27H29N5O4/c33-25(28-29-27(35)31-14-12-30(13-15-31)26(34)24-11-6-16-36-24)23-17-21-9-4-5-10-22(21)19-32(23)18-20-7-2-1-3-8-20/h1-11,16,23H,12-15,17-19H2,(H,28,33)(H,29,35)/t23-/m0/s1. The van der Waals surface area contributed by atoms with Gasteiger partial charge in [-0.15, -0.1) is 0 Å². The van der Waals surface area contributed by atoms with E-state index in [2.05, 4.69) is 27.9 Å². The van der Waals surface area contributed by atoms with Gasteiger partial charge in [-0.3, -0.25) is 19.9 Å². The molecule has 0 radical (unpaired) electrons. The summed E-state index contributed by atoms with van der Waals surface area (Å²) >= 11 is 0. The molecule has 0 unspecified atom stereocenters. The summed E-state index contributed by atoms with van der Waals surface area (Å²) in [5.74, 6) is -0.154. The quantitative estimate of drug-likeness (QED) is 0.551.